The molecule has 0 rings (SSSR count). The van der Waals surface area contributed by atoms with Gasteiger partial charge in [0, 0.05) is 10.4 Å². The monoisotopic (exact) mass is 326 g/mol. The zero-order valence-corrected chi connectivity index (χ0v) is 14.2. The lowest BCUT2D eigenvalue weighted by atomic mass is 10.1. The highest BCUT2D eigenvalue weighted by molar-refractivity contribution is 8.11. The maximum atomic E-state index is 10.6. The molecular formula is C13H27O3PS2. The van der Waals surface area contributed by atoms with E-state index in [-0.39, 0.29) is 6.16 Å². The van der Waals surface area contributed by atoms with Gasteiger partial charge in [-0.3, -0.25) is 4.57 Å². The molecule has 0 heterocycles. The van der Waals surface area contributed by atoms with Gasteiger partial charge in [0.2, 0.25) is 0 Å². The molecule has 0 aromatic carbocycles. The van der Waals surface area contributed by atoms with E-state index in [0.717, 1.165) is 29.9 Å². The Labute approximate surface area is 128 Å². The third-order valence-electron chi connectivity index (χ3n) is 3.09. The summed E-state index contributed by atoms with van der Waals surface area (Å²) in [6.07, 6.45) is 12.3. The van der Waals surface area contributed by atoms with Crippen molar-refractivity contribution in [2.24, 2.45) is 0 Å². The Hall–Kier alpha value is 0.590. The Balaban J connectivity index is 3.07. The maximum absolute atomic E-state index is 10.6. The lowest BCUT2D eigenvalue weighted by Gasteiger charge is -2.04. The first-order valence-corrected chi connectivity index (χ1v) is 9.83. The van der Waals surface area contributed by atoms with Crippen LogP contribution >= 0.6 is 32.4 Å². The molecule has 0 saturated heterocycles. The normalized spacial score (nSPS) is 11.7. The van der Waals surface area contributed by atoms with Crippen molar-refractivity contribution in [3.05, 3.63) is 0 Å². The number of rotatable bonds is 13. The molecule has 0 spiro atoms. The zero-order valence-electron chi connectivity index (χ0n) is 11.6. The van der Waals surface area contributed by atoms with Crippen molar-refractivity contribution in [3.8, 4) is 0 Å². The second kappa shape index (κ2) is 12.3. The summed E-state index contributed by atoms with van der Waals surface area (Å²) in [5.41, 5.74) is 0. The summed E-state index contributed by atoms with van der Waals surface area (Å²) in [5, 5.41) is 0. The largest absolute Gasteiger partial charge is 0.325 e. The second-order valence-electron chi connectivity index (χ2n) is 5.07. The molecule has 6 heteroatoms. The van der Waals surface area contributed by atoms with Crippen molar-refractivity contribution in [1.29, 1.82) is 0 Å². The molecule has 0 aliphatic heterocycles. The van der Waals surface area contributed by atoms with Crippen LogP contribution in [-0.4, -0.2) is 20.1 Å². The Morgan fingerprint density at radius 3 is 1.58 bits per heavy atom. The van der Waals surface area contributed by atoms with Crippen molar-refractivity contribution >= 4 is 36.6 Å². The summed E-state index contributed by atoms with van der Waals surface area (Å²) in [6, 6.07) is 0. The quantitative estimate of drug-likeness (QED) is 0.198. The van der Waals surface area contributed by atoms with Gasteiger partial charge < -0.3 is 9.79 Å². The average Bonchev–Trinajstić information content (AvgIpc) is 2.28. The lowest BCUT2D eigenvalue weighted by molar-refractivity contribution is 0.370. The Morgan fingerprint density at radius 1 is 0.842 bits per heavy atom. The van der Waals surface area contributed by atoms with Crippen LogP contribution < -0.4 is 0 Å². The van der Waals surface area contributed by atoms with Crippen molar-refractivity contribution in [2.75, 3.05) is 6.16 Å². The minimum atomic E-state index is -3.76. The summed E-state index contributed by atoms with van der Waals surface area (Å²) in [6.45, 7) is 0. The Bertz CT molecular complexity index is 279. The minimum Gasteiger partial charge on any atom is -0.324 e. The topological polar surface area (TPSA) is 57.5 Å². The molecule has 0 atom stereocenters. The van der Waals surface area contributed by atoms with Crippen LogP contribution in [0.2, 0.25) is 0 Å². The van der Waals surface area contributed by atoms with Gasteiger partial charge in [-0.25, -0.2) is 0 Å². The summed E-state index contributed by atoms with van der Waals surface area (Å²) in [7, 11) is -3.76. The molecule has 3 nitrogen and oxygen atoms in total. The maximum Gasteiger partial charge on any atom is 0.325 e. The van der Waals surface area contributed by atoms with Crippen molar-refractivity contribution in [3.63, 3.8) is 0 Å². The van der Waals surface area contributed by atoms with Gasteiger partial charge >= 0.3 is 7.60 Å². The fourth-order valence-corrected chi connectivity index (χ4v) is 2.95. The van der Waals surface area contributed by atoms with Gasteiger partial charge in [0.05, 0.1) is 0 Å². The molecule has 19 heavy (non-hydrogen) atoms. The van der Waals surface area contributed by atoms with E-state index in [9.17, 15) is 4.57 Å². The highest BCUT2D eigenvalue weighted by Gasteiger charge is 2.10. The highest BCUT2D eigenvalue weighted by Crippen LogP contribution is 2.35. The summed E-state index contributed by atoms with van der Waals surface area (Å²) >= 11 is 9.00. The van der Waals surface area contributed by atoms with Crippen LogP contribution in [0.25, 0.3) is 0 Å². The van der Waals surface area contributed by atoms with Crippen LogP contribution in [0.3, 0.4) is 0 Å². The summed E-state index contributed by atoms with van der Waals surface area (Å²) in [5.74, 6) is 0. The molecule has 2 N–H and O–H groups in total. The van der Waals surface area contributed by atoms with E-state index in [1.54, 1.807) is 0 Å². The fraction of sp³-hybridized carbons (Fsp3) is 0.923. The number of unbranched alkanes of at least 4 members (excludes halogenated alkanes) is 9. The van der Waals surface area contributed by atoms with Gasteiger partial charge in [-0.2, -0.15) is 0 Å². The number of hydrogen-bond donors (Lipinski definition) is 3. The third kappa shape index (κ3) is 18.6. The molecule has 0 unspecified atom stereocenters. The smallest absolute Gasteiger partial charge is 0.324 e. The SMILES string of the molecule is O=P(O)(O)CCCCCCCCCCCCC(=S)S. The Kier molecular flexibility index (Phi) is 12.7. The fourth-order valence-electron chi connectivity index (χ4n) is 2.01. The van der Waals surface area contributed by atoms with Gasteiger partial charge in [0.1, 0.15) is 0 Å². The first-order chi connectivity index (χ1) is 8.92. The lowest BCUT2D eigenvalue weighted by Crippen LogP contribution is -1.88. The first-order valence-electron chi connectivity index (χ1n) is 7.18. The van der Waals surface area contributed by atoms with E-state index in [1.165, 1.54) is 38.5 Å². The van der Waals surface area contributed by atoms with E-state index < -0.39 is 7.60 Å². The van der Waals surface area contributed by atoms with Crippen LogP contribution in [0.15, 0.2) is 0 Å². The molecule has 0 saturated carbocycles. The molecule has 0 fully saturated rings. The van der Waals surface area contributed by atoms with E-state index in [4.69, 9.17) is 22.0 Å². The molecule has 114 valence electrons. The van der Waals surface area contributed by atoms with E-state index in [2.05, 4.69) is 12.6 Å². The van der Waals surface area contributed by atoms with E-state index in [0.29, 0.717) is 6.42 Å². The number of hydrogen-bond acceptors (Lipinski definition) is 2. The molecule has 0 amide bonds. The predicted molar refractivity (Wildman–Crippen MR) is 89.3 cm³/mol. The second-order valence-corrected chi connectivity index (χ2v) is 8.18. The van der Waals surface area contributed by atoms with Crippen LogP contribution in [0, 0.1) is 0 Å². The predicted octanol–water partition coefficient (Wildman–Crippen LogP) is 4.71. The van der Waals surface area contributed by atoms with Gasteiger partial charge in [-0.15, -0.1) is 12.6 Å². The molecule has 0 bridgehead atoms. The van der Waals surface area contributed by atoms with Crippen molar-refractivity contribution < 1.29 is 14.4 Å². The van der Waals surface area contributed by atoms with E-state index >= 15 is 0 Å². The summed E-state index contributed by atoms with van der Waals surface area (Å²) < 4.78 is 11.4. The van der Waals surface area contributed by atoms with Crippen LogP contribution in [-0.2, 0) is 4.57 Å². The van der Waals surface area contributed by atoms with Gasteiger partial charge in [-0.1, -0.05) is 63.6 Å². The molecule has 0 aliphatic carbocycles. The van der Waals surface area contributed by atoms with E-state index in [1.807, 2.05) is 0 Å². The number of thiocarbonyl (C=S) groups is 1. The zero-order chi connectivity index (χ0) is 14.6. The first kappa shape index (κ1) is 19.6. The average molecular weight is 326 g/mol. The van der Waals surface area contributed by atoms with Crippen molar-refractivity contribution in [2.45, 2.75) is 70.6 Å². The minimum absolute atomic E-state index is 0.0417. The van der Waals surface area contributed by atoms with Gasteiger partial charge in [0.15, 0.2) is 0 Å². The van der Waals surface area contributed by atoms with Gasteiger partial charge in [0.25, 0.3) is 0 Å². The highest BCUT2D eigenvalue weighted by atomic mass is 32.1. The van der Waals surface area contributed by atoms with Crippen LogP contribution in [0.4, 0.5) is 0 Å². The molecule has 0 aliphatic rings. The molecular weight excluding hydrogens is 299 g/mol. The number of thiol groups is 1. The molecule has 0 aromatic rings. The van der Waals surface area contributed by atoms with Gasteiger partial charge in [-0.05, 0) is 19.3 Å². The molecule has 0 aromatic heterocycles. The Morgan fingerprint density at radius 2 is 1.21 bits per heavy atom. The van der Waals surface area contributed by atoms with Crippen LogP contribution in [0.1, 0.15) is 70.6 Å². The molecule has 0 radical (unpaired) electrons. The standard InChI is InChI=1S/C13H27O3PS2/c14-17(15,16)12-10-8-6-4-2-1-3-5-7-9-11-13(18)19/h1-12H2,(H,18,19)(H2,14,15,16). The van der Waals surface area contributed by atoms with Crippen molar-refractivity contribution in [1.82, 2.24) is 0 Å². The third-order valence-corrected chi connectivity index (χ3v) is 4.42. The summed E-state index contributed by atoms with van der Waals surface area (Å²) in [4.78, 5) is 17.4. The van der Waals surface area contributed by atoms with Crippen LogP contribution in [0.5, 0.6) is 0 Å².